The number of fused-ring (bicyclic) bond motifs is 2. The topological polar surface area (TPSA) is 68.2 Å². The number of allylic oxidation sites excluding steroid dienone is 2. The van der Waals surface area contributed by atoms with E-state index < -0.39 is 0 Å². The molecule has 31 heavy (non-hydrogen) atoms. The zero-order chi connectivity index (χ0) is 22.3. The summed E-state index contributed by atoms with van der Waals surface area (Å²) in [5.74, 6) is 2.68. The lowest BCUT2D eigenvalue weighted by atomic mass is 9.85. The molecule has 2 aromatic carbocycles. The van der Waals surface area contributed by atoms with E-state index in [1.54, 1.807) is 19.2 Å². The molecular formula is C26H32O5. The third-order valence-corrected chi connectivity index (χ3v) is 6.31. The van der Waals surface area contributed by atoms with E-state index in [0.29, 0.717) is 25.0 Å². The molecule has 0 unspecified atom stereocenters. The molecule has 0 fully saturated rings. The molecule has 0 bridgehead atoms. The summed E-state index contributed by atoms with van der Waals surface area (Å²) in [6.45, 7) is 8.64. The number of benzene rings is 2. The number of hydrogen-bond acceptors (Lipinski definition) is 5. The number of phenols is 2. The van der Waals surface area contributed by atoms with E-state index in [2.05, 4.69) is 13.8 Å². The molecule has 0 radical (unpaired) electrons. The molecule has 0 spiro atoms. The van der Waals surface area contributed by atoms with Crippen LogP contribution in [0.4, 0.5) is 0 Å². The van der Waals surface area contributed by atoms with E-state index in [4.69, 9.17) is 14.2 Å². The predicted octanol–water partition coefficient (Wildman–Crippen LogP) is 5.44. The first kappa shape index (κ1) is 21.4. The number of hydrogen-bond donors (Lipinski definition) is 2. The molecule has 2 heterocycles. The van der Waals surface area contributed by atoms with Gasteiger partial charge in [0.1, 0.15) is 34.3 Å². The highest BCUT2D eigenvalue weighted by atomic mass is 16.5. The largest absolute Gasteiger partial charge is 0.508 e. The standard InChI is InChI=1S/C26H32O5/c1-15(2)6-7-18-21(27)9-8-17(24(18)28)16-12-20-22(30-14-16)13-23-19(25(20)29-5)10-11-26(3,4)31-23/h6,8-9,13,16,27-28H,7,10-12,14H2,1-5H3/t16-/m0/s1. The molecule has 2 N–H and O–H groups in total. The lowest BCUT2D eigenvalue weighted by Crippen LogP contribution is -2.33. The second kappa shape index (κ2) is 8.03. The van der Waals surface area contributed by atoms with Crippen molar-refractivity contribution in [3.63, 3.8) is 0 Å². The minimum atomic E-state index is -0.205. The smallest absolute Gasteiger partial charge is 0.132 e. The lowest BCUT2D eigenvalue weighted by molar-refractivity contribution is 0.0826. The molecule has 2 aliphatic heterocycles. The van der Waals surface area contributed by atoms with Gasteiger partial charge in [0, 0.05) is 34.2 Å². The molecular weight excluding hydrogens is 392 g/mol. The maximum Gasteiger partial charge on any atom is 0.132 e. The van der Waals surface area contributed by atoms with Gasteiger partial charge in [0.25, 0.3) is 0 Å². The first-order valence-corrected chi connectivity index (χ1v) is 10.9. The normalized spacial score (nSPS) is 18.8. The first-order valence-electron chi connectivity index (χ1n) is 10.9. The average molecular weight is 425 g/mol. The van der Waals surface area contributed by atoms with E-state index in [1.807, 2.05) is 26.0 Å². The first-order chi connectivity index (χ1) is 14.7. The van der Waals surface area contributed by atoms with Crippen LogP contribution in [0.25, 0.3) is 0 Å². The number of methoxy groups -OCH3 is 1. The molecule has 2 aliphatic rings. The van der Waals surface area contributed by atoms with E-state index >= 15 is 0 Å². The Bertz CT molecular complexity index is 1030. The summed E-state index contributed by atoms with van der Waals surface area (Å²) in [4.78, 5) is 0. The highest BCUT2D eigenvalue weighted by Gasteiger charge is 2.34. The van der Waals surface area contributed by atoms with Crippen LogP contribution in [0.1, 0.15) is 62.3 Å². The summed E-state index contributed by atoms with van der Waals surface area (Å²) in [5, 5.41) is 21.3. The van der Waals surface area contributed by atoms with Crippen molar-refractivity contribution in [2.75, 3.05) is 13.7 Å². The van der Waals surface area contributed by atoms with Gasteiger partial charge in [-0.05, 0) is 59.4 Å². The minimum Gasteiger partial charge on any atom is -0.508 e. The Hall–Kier alpha value is -2.82. The molecule has 5 nitrogen and oxygen atoms in total. The van der Waals surface area contributed by atoms with Crippen LogP contribution < -0.4 is 14.2 Å². The number of aromatic hydroxyl groups is 2. The second-order valence-electron chi connectivity index (χ2n) is 9.42. The van der Waals surface area contributed by atoms with Crippen molar-refractivity contribution in [3.8, 4) is 28.7 Å². The lowest BCUT2D eigenvalue weighted by Gasteiger charge is -2.36. The Morgan fingerprint density at radius 3 is 2.68 bits per heavy atom. The summed E-state index contributed by atoms with van der Waals surface area (Å²) in [5.41, 5.74) is 4.38. The highest BCUT2D eigenvalue weighted by Crippen LogP contribution is 2.49. The van der Waals surface area contributed by atoms with Crippen molar-refractivity contribution in [1.82, 2.24) is 0 Å². The van der Waals surface area contributed by atoms with Crippen molar-refractivity contribution in [2.45, 2.75) is 64.9 Å². The molecule has 0 saturated heterocycles. The van der Waals surface area contributed by atoms with E-state index in [1.165, 1.54) is 0 Å². The molecule has 4 rings (SSSR count). The predicted molar refractivity (Wildman–Crippen MR) is 121 cm³/mol. The average Bonchev–Trinajstić information content (AvgIpc) is 2.71. The fourth-order valence-electron chi connectivity index (χ4n) is 4.55. The second-order valence-corrected chi connectivity index (χ2v) is 9.42. The van der Waals surface area contributed by atoms with Crippen molar-refractivity contribution in [1.29, 1.82) is 0 Å². The van der Waals surface area contributed by atoms with Crippen LogP contribution in [0.15, 0.2) is 29.8 Å². The molecule has 1 atom stereocenters. The van der Waals surface area contributed by atoms with Gasteiger partial charge in [0.15, 0.2) is 0 Å². The molecule has 0 aromatic heterocycles. The SMILES string of the molecule is COc1c2c(cc3c1CCC(C)(C)O3)OC[C@@H](c1ccc(O)c(CC=C(C)C)c1O)C2. The zero-order valence-electron chi connectivity index (χ0n) is 19.0. The Morgan fingerprint density at radius 1 is 1.19 bits per heavy atom. The van der Waals surface area contributed by atoms with Crippen LogP contribution in [-0.4, -0.2) is 29.5 Å². The Labute approximate surface area is 184 Å². The minimum absolute atomic E-state index is 0.0357. The van der Waals surface area contributed by atoms with Crippen LogP contribution in [-0.2, 0) is 19.3 Å². The Kier molecular flexibility index (Phi) is 5.54. The molecule has 0 aliphatic carbocycles. The molecule has 0 saturated carbocycles. The van der Waals surface area contributed by atoms with Crippen molar-refractivity contribution >= 4 is 0 Å². The third kappa shape index (κ3) is 4.06. The van der Waals surface area contributed by atoms with Gasteiger partial charge in [0.05, 0.1) is 13.7 Å². The van der Waals surface area contributed by atoms with Crippen molar-refractivity contribution in [3.05, 3.63) is 52.1 Å². The zero-order valence-corrected chi connectivity index (χ0v) is 19.0. The number of ether oxygens (including phenoxy) is 3. The number of phenolic OH excluding ortho intramolecular Hbond substituents is 2. The van der Waals surface area contributed by atoms with Gasteiger partial charge in [-0.25, -0.2) is 0 Å². The van der Waals surface area contributed by atoms with Gasteiger partial charge >= 0.3 is 0 Å². The van der Waals surface area contributed by atoms with Gasteiger partial charge in [-0.15, -0.1) is 0 Å². The van der Waals surface area contributed by atoms with Gasteiger partial charge in [0.2, 0.25) is 0 Å². The van der Waals surface area contributed by atoms with Gasteiger partial charge < -0.3 is 24.4 Å². The van der Waals surface area contributed by atoms with E-state index in [0.717, 1.165) is 52.4 Å². The molecule has 2 aromatic rings. The summed E-state index contributed by atoms with van der Waals surface area (Å²) >= 11 is 0. The fourth-order valence-corrected chi connectivity index (χ4v) is 4.55. The van der Waals surface area contributed by atoms with Gasteiger partial charge in [-0.2, -0.15) is 0 Å². The maximum absolute atomic E-state index is 11.0. The van der Waals surface area contributed by atoms with Crippen LogP contribution in [0.3, 0.4) is 0 Å². The quantitative estimate of drug-likeness (QED) is 0.640. The van der Waals surface area contributed by atoms with Gasteiger partial charge in [-0.1, -0.05) is 17.7 Å². The van der Waals surface area contributed by atoms with E-state index in [-0.39, 0.29) is 23.0 Å². The maximum atomic E-state index is 11.0. The van der Waals surface area contributed by atoms with Crippen LogP contribution >= 0.6 is 0 Å². The molecule has 0 amide bonds. The fraction of sp³-hybridized carbons (Fsp3) is 0.462. The summed E-state index contributed by atoms with van der Waals surface area (Å²) < 4.78 is 18.2. The summed E-state index contributed by atoms with van der Waals surface area (Å²) in [7, 11) is 1.69. The Balaban J connectivity index is 1.70. The van der Waals surface area contributed by atoms with Gasteiger partial charge in [-0.3, -0.25) is 0 Å². The van der Waals surface area contributed by atoms with Crippen LogP contribution in [0, 0.1) is 0 Å². The summed E-state index contributed by atoms with van der Waals surface area (Å²) in [6.07, 6.45) is 4.99. The molecule has 5 heteroatoms. The third-order valence-electron chi connectivity index (χ3n) is 6.31. The highest BCUT2D eigenvalue weighted by molar-refractivity contribution is 5.60. The molecule has 166 valence electrons. The monoisotopic (exact) mass is 424 g/mol. The number of rotatable bonds is 4. The van der Waals surface area contributed by atoms with Crippen molar-refractivity contribution < 1.29 is 24.4 Å². The summed E-state index contributed by atoms with van der Waals surface area (Å²) in [6, 6.07) is 5.45. The van der Waals surface area contributed by atoms with Crippen LogP contribution in [0.5, 0.6) is 28.7 Å². The Morgan fingerprint density at radius 2 is 1.97 bits per heavy atom. The van der Waals surface area contributed by atoms with Crippen LogP contribution in [0.2, 0.25) is 0 Å². The van der Waals surface area contributed by atoms with Crippen molar-refractivity contribution in [2.24, 2.45) is 0 Å². The van der Waals surface area contributed by atoms with E-state index in [9.17, 15) is 10.2 Å².